The fourth-order valence-corrected chi connectivity index (χ4v) is 2.20. The van der Waals surface area contributed by atoms with Crippen molar-refractivity contribution >= 4 is 0 Å². The van der Waals surface area contributed by atoms with Gasteiger partial charge < -0.3 is 14.9 Å². The van der Waals surface area contributed by atoms with Crippen molar-refractivity contribution in [2.45, 2.75) is 76.4 Å². The number of ether oxygens (including phenoxy) is 1. The molecule has 2 unspecified atom stereocenters. The van der Waals surface area contributed by atoms with Crippen molar-refractivity contribution in [1.29, 1.82) is 0 Å². The second kappa shape index (κ2) is 15.7. The van der Waals surface area contributed by atoms with E-state index in [1.54, 1.807) is 0 Å². The number of aliphatic hydroxyl groups is 2. The molecule has 0 aliphatic rings. The number of hydrogen-bond acceptors (Lipinski definition) is 3. The average Bonchev–Trinajstić information content (AvgIpc) is 2.47. The number of unbranched alkanes of at least 4 members (excludes halogenated alkanes) is 6. The van der Waals surface area contributed by atoms with Crippen LogP contribution in [0.1, 0.15) is 64.2 Å². The molecule has 0 bridgehead atoms. The predicted octanol–water partition coefficient (Wildman–Crippen LogP) is 4.00. The average molecular weight is 298 g/mol. The van der Waals surface area contributed by atoms with Crippen LogP contribution in [0.25, 0.3) is 0 Å². The molecule has 2 atom stereocenters. The van der Waals surface area contributed by atoms with E-state index in [1.165, 1.54) is 0 Å². The minimum absolute atomic E-state index is 0.328. The topological polar surface area (TPSA) is 49.7 Å². The van der Waals surface area contributed by atoms with Gasteiger partial charge in [-0.2, -0.15) is 0 Å². The van der Waals surface area contributed by atoms with Crippen LogP contribution < -0.4 is 0 Å². The van der Waals surface area contributed by atoms with Crippen LogP contribution >= 0.6 is 0 Å². The number of allylic oxidation sites excluding steroid dienone is 2. The first-order valence-corrected chi connectivity index (χ1v) is 8.36. The maximum atomic E-state index is 9.76. The molecule has 3 nitrogen and oxygen atoms in total. The first-order chi connectivity index (χ1) is 10.2. The van der Waals surface area contributed by atoms with Crippen LogP contribution in [0.3, 0.4) is 0 Å². The van der Waals surface area contributed by atoms with Gasteiger partial charge in [-0.3, -0.25) is 0 Å². The molecule has 0 aromatic heterocycles. The Morgan fingerprint density at radius 1 is 0.714 bits per heavy atom. The van der Waals surface area contributed by atoms with E-state index in [-0.39, 0.29) is 0 Å². The zero-order valence-electron chi connectivity index (χ0n) is 13.5. The molecule has 0 amide bonds. The molecule has 0 radical (unpaired) electrons. The highest BCUT2D eigenvalue weighted by molar-refractivity contribution is 4.67. The molecule has 0 fully saturated rings. The lowest BCUT2D eigenvalue weighted by Crippen LogP contribution is -2.21. The van der Waals surface area contributed by atoms with Crippen molar-refractivity contribution < 1.29 is 14.9 Å². The fraction of sp³-hybridized carbons (Fsp3) is 0.778. The van der Waals surface area contributed by atoms with Gasteiger partial charge in [0.25, 0.3) is 0 Å². The molecule has 124 valence electrons. The highest BCUT2D eigenvalue weighted by atomic mass is 16.5. The van der Waals surface area contributed by atoms with E-state index in [9.17, 15) is 10.2 Å². The van der Waals surface area contributed by atoms with Crippen LogP contribution in [0, 0.1) is 0 Å². The second-order valence-electron chi connectivity index (χ2n) is 5.70. The van der Waals surface area contributed by atoms with Crippen molar-refractivity contribution in [2.24, 2.45) is 0 Å². The van der Waals surface area contributed by atoms with Gasteiger partial charge in [-0.15, -0.1) is 13.2 Å². The summed E-state index contributed by atoms with van der Waals surface area (Å²) < 4.78 is 5.38. The Morgan fingerprint density at radius 2 is 1.14 bits per heavy atom. The summed E-state index contributed by atoms with van der Waals surface area (Å²) in [6.07, 6.45) is 13.2. The molecule has 0 aliphatic heterocycles. The summed E-state index contributed by atoms with van der Waals surface area (Å²) in [5.41, 5.74) is 0. The van der Waals surface area contributed by atoms with E-state index >= 15 is 0 Å². The Balaban J connectivity index is 3.33. The SMILES string of the molecule is C=CCCCCCC(O)COCC(O)CCCCCC=C. The van der Waals surface area contributed by atoms with E-state index in [2.05, 4.69) is 13.2 Å². The van der Waals surface area contributed by atoms with Gasteiger partial charge in [0.15, 0.2) is 0 Å². The molecule has 0 heterocycles. The van der Waals surface area contributed by atoms with Gasteiger partial charge in [0.1, 0.15) is 0 Å². The summed E-state index contributed by atoms with van der Waals surface area (Å²) in [6.45, 7) is 8.03. The largest absolute Gasteiger partial charge is 0.391 e. The Labute approximate surface area is 130 Å². The zero-order chi connectivity index (χ0) is 15.8. The van der Waals surface area contributed by atoms with E-state index in [0.717, 1.165) is 64.2 Å². The van der Waals surface area contributed by atoms with Gasteiger partial charge in [0.2, 0.25) is 0 Å². The summed E-state index contributed by atoms with van der Waals surface area (Å²) in [5.74, 6) is 0. The lowest BCUT2D eigenvalue weighted by atomic mass is 10.1. The van der Waals surface area contributed by atoms with E-state index < -0.39 is 12.2 Å². The lowest BCUT2D eigenvalue weighted by Gasteiger charge is -2.14. The summed E-state index contributed by atoms with van der Waals surface area (Å²) >= 11 is 0. The Hall–Kier alpha value is -0.640. The molecule has 0 aromatic carbocycles. The van der Waals surface area contributed by atoms with E-state index in [4.69, 9.17) is 4.74 Å². The van der Waals surface area contributed by atoms with Crippen LogP contribution in [-0.4, -0.2) is 35.6 Å². The smallest absolute Gasteiger partial charge is 0.0773 e. The highest BCUT2D eigenvalue weighted by Gasteiger charge is 2.07. The summed E-state index contributed by atoms with van der Waals surface area (Å²) in [4.78, 5) is 0. The fourth-order valence-electron chi connectivity index (χ4n) is 2.20. The van der Waals surface area contributed by atoms with Gasteiger partial charge in [-0.1, -0.05) is 37.8 Å². The molecule has 0 rings (SSSR count). The van der Waals surface area contributed by atoms with E-state index in [0.29, 0.717) is 13.2 Å². The Morgan fingerprint density at radius 3 is 1.52 bits per heavy atom. The quantitative estimate of drug-likeness (QED) is 0.334. The third-order valence-electron chi connectivity index (χ3n) is 3.51. The molecular formula is C18H34O3. The van der Waals surface area contributed by atoms with Crippen molar-refractivity contribution in [3.05, 3.63) is 25.3 Å². The monoisotopic (exact) mass is 298 g/mol. The van der Waals surface area contributed by atoms with Crippen LogP contribution in [0.15, 0.2) is 25.3 Å². The standard InChI is InChI=1S/C18H34O3/c1-3-5-7-9-11-13-17(19)15-21-16-18(20)14-12-10-8-6-4-2/h3-4,17-20H,1-2,5-16H2. The minimum Gasteiger partial charge on any atom is -0.391 e. The van der Waals surface area contributed by atoms with Crippen LogP contribution in [0.2, 0.25) is 0 Å². The molecule has 0 spiro atoms. The zero-order valence-corrected chi connectivity index (χ0v) is 13.5. The van der Waals surface area contributed by atoms with Gasteiger partial charge in [0.05, 0.1) is 25.4 Å². The second-order valence-corrected chi connectivity index (χ2v) is 5.70. The highest BCUT2D eigenvalue weighted by Crippen LogP contribution is 2.08. The first kappa shape index (κ1) is 20.4. The number of rotatable bonds is 16. The Bertz CT molecular complexity index is 217. The van der Waals surface area contributed by atoms with Gasteiger partial charge in [-0.05, 0) is 38.5 Å². The molecule has 3 heteroatoms. The molecular weight excluding hydrogens is 264 g/mol. The van der Waals surface area contributed by atoms with Crippen molar-refractivity contribution in [2.75, 3.05) is 13.2 Å². The predicted molar refractivity (Wildman–Crippen MR) is 89.4 cm³/mol. The normalized spacial score (nSPS) is 13.8. The van der Waals surface area contributed by atoms with Gasteiger partial charge in [-0.25, -0.2) is 0 Å². The van der Waals surface area contributed by atoms with Gasteiger partial charge >= 0.3 is 0 Å². The molecule has 0 aliphatic carbocycles. The summed E-state index contributed by atoms with van der Waals surface area (Å²) in [5, 5.41) is 19.5. The number of aliphatic hydroxyl groups excluding tert-OH is 2. The van der Waals surface area contributed by atoms with Crippen LogP contribution in [0.4, 0.5) is 0 Å². The summed E-state index contributed by atoms with van der Waals surface area (Å²) in [6, 6.07) is 0. The molecule has 0 saturated carbocycles. The first-order valence-electron chi connectivity index (χ1n) is 8.36. The molecule has 0 saturated heterocycles. The van der Waals surface area contributed by atoms with Crippen LogP contribution in [-0.2, 0) is 4.74 Å². The third-order valence-corrected chi connectivity index (χ3v) is 3.51. The number of hydrogen-bond donors (Lipinski definition) is 2. The minimum atomic E-state index is -0.409. The molecule has 0 aromatic rings. The van der Waals surface area contributed by atoms with E-state index in [1.807, 2.05) is 12.2 Å². The van der Waals surface area contributed by atoms with Gasteiger partial charge in [0, 0.05) is 0 Å². The lowest BCUT2D eigenvalue weighted by molar-refractivity contribution is -0.0129. The maximum Gasteiger partial charge on any atom is 0.0773 e. The van der Waals surface area contributed by atoms with Crippen LogP contribution in [0.5, 0.6) is 0 Å². The van der Waals surface area contributed by atoms with Crippen molar-refractivity contribution in [1.82, 2.24) is 0 Å². The van der Waals surface area contributed by atoms with Crippen molar-refractivity contribution in [3.8, 4) is 0 Å². The maximum absolute atomic E-state index is 9.76. The third kappa shape index (κ3) is 15.6. The summed E-state index contributed by atoms with van der Waals surface area (Å²) in [7, 11) is 0. The Kier molecular flexibility index (Phi) is 15.3. The molecule has 21 heavy (non-hydrogen) atoms. The van der Waals surface area contributed by atoms with Crippen molar-refractivity contribution in [3.63, 3.8) is 0 Å². The molecule has 2 N–H and O–H groups in total.